The number of hydrogen-bond donors (Lipinski definition) is 1. The van der Waals surface area contributed by atoms with Crippen LogP contribution < -0.4 is 5.32 Å². The van der Waals surface area contributed by atoms with Crippen LogP contribution in [0, 0.1) is 11.8 Å². The summed E-state index contributed by atoms with van der Waals surface area (Å²) in [6.45, 7) is 1.20. The van der Waals surface area contributed by atoms with Crippen LogP contribution in [-0.2, 0) is 6.42 Å². The molecular formula is C16H22ClN. The van der Waals surface area contributed by atoms with E-state index in [9.17, 15) is 0 Å². The number of hydrogen-bond acceptors (Lipinski definition) is 1. The Bertz CT molecular complexity index is 396. The van der Waals surface area contributed by atoms with Gasteiger partial charge in [-0.3, -0.25) is 0 Å². The van der Waals surface area contributed by atoms with Gasteiger partial charge in [0.2, 0.25) is 0 Å². The lowest BCUT2D eigenvalue weighted by atomic mass is 9.73. The molecule has 0 aromatic heterocycles. The minimum Gasteiger partial charge on any atom is -0.314 e. The topological polar surface area (TPSA) is 12.0 Å². The Hall–Kier alpha value is -0.530. The molecule has 2 saturated carbocycles. The molecule has 1 unspecified atom stereocenters. The third-order valence-electron chi connectivity index (χ3n) is 4.45. The predicted octanol–water partition coefficient (Wildman–Crippen LogP) is 4.05. The highest BCUT2D eigenvalue weighted by Crippen LogP contribution is 2.35. The van der Waals surface area contributed by atoms with Crippen LogP contribution in [0.3, 0.4) is 0 Å². The van der Waals surface area contributed by atoms with Gasteiger partial charge in [-0.05, 0) is 55.3 Å². The van der Waals surface area contributed by atoms with Gasteiger partial charge in [-0.15, -0.1) is 0 Å². The SMILES string of the molecule is Clc1cccc(CC(CNC2CC2)C2CCC2)c1. The number of nitrogens with one attached hydrogen (secondary N) is 1. The summed E-state index contributed by atoms with van der Waals surface area (Å²) in [7, 11) is 0. The van der Waals surface area contributed by atoms with Gasteiger partial charge in [0.05, 0.1) is 0 Å². The summed E-state index contributed by atoms with van der Waals surface area (Å²) in [6, 6.07) is 9.21. The highest BCUT2D eigenvalue weighted by Gasteiger charge is 2.29. The van der Waals surface area contributed by atoms with Crippen LogP contribution in [0.5, 0.6) is 0 Å². The molecule has 0 saturated heterocycles. The summed E-state index contributed by atoms with van der Waals surface area (Å²) in [6.07, 6.45) is 8.24. The van der Waals surface area contributed by atoms with Gasteiger partial charge < -0.3 is 5.32 Å². The molecule has 0 bridgehead atoms. The van der Waals surface area contributed by atoms with Crippen molar-refractivity contribution in [1.82, 2.24) is 5.32 Å². The van der Waals surface area contributed by atoms with Gasteiger partial charge in [0, 0.05) is 11.1 Å². The Morgan fingerprint density at radius 1 is 1.22 bits per heavy atom. The second kappa shape index (κ2) is 5.63. The summed E-state index contributed by atoms with van der Waals surface area (Å²) in [5, 5.41) is 4.58. The Kier molecular flexibility index (Phi) is 3.91. The summed E-state index contributed by atoms with van der Waals surface area (Å²) in [5.74, 6) is 1.74. The third-order valence-corrected chi connectivity index (χ3v) is 4.68. The fourth-order valence-corrected chi connectivity index (χ4v) is 3.10. The standard InChI is InChI=1S/C16H22ClN/c17-15-6-1-3-12(10-15)9-14(13-4-2-5-13)11-18-16-7-8-16/h1,3,6,10,13-14,16,18H,2,4-5,7-9,11H2. The average molecular weight is 264 g/mol. The molecule has 2 fully saturated rings. The van der Waals surface area contributed by atoms with E-state index in [2.05, 4.69) is 23.5 Å². The van der Waals surface area contributed by atoms with E-state index in [0.717, 1.165) is 22.9 Å². The lowest BCUT2D eigenvalue weighted by Gasteiger charge is -2.34. The van der Waals surface area contributed by atoms with Gasteiger partial charge in [-0.2, -0.15) is 0 Å². The zero-order valence-electron chi connectivity index (χ0n) is 10.9. The normalized spacial score (nSPS) is 21.6. The van der Waals surface area contributed by atoms with E-state index in [1.807, 2.05) is 6.07 Å². The van der Waals surface area contributed by atoms with E-state index in [-0.39, 0.29) is 0 Å². The van der Waals surface area contributed by atoms with Crippen LogP contribution in [0.2, 0.25) is 5.02 Å². The van der Waals surface area contributed by atoms with Gasteiger partial charge in [-0.1, -0.05) is 43.0 Å². The zero-order chi connectivity index (χ0) is 12.4. The van der Waals surface area contributed by atoms with Crippen molar-refractivity contribution < 1.29 is 0 Å². The van der Waals surface area contributed by atoms with E-state index in [1.54, 1.807) is 0 Å². The first-order chi connectivity index (χ1) is 8.81. The van der Waals surface area contributed by atoms with E-state index in [1.165, 1.54) is 50.6 Å². The number of benzene rings is 1. The van der Waals surface area contributed by atoms with E-state index in [4.69, 9.17) is 11.6 Å². The monoisotopic (exact) mass is 263 g/mol. The van der Waals surface area contributed by atoms with Crippen LogP contribution in [0.15, 0.2) is 24.3 Å². The molecule has 0 spiro atoms. The fraction of sp³-hybridized carbons (Fsp3) is 0.625. The van der Waals surface area contributed by atoms with Crippen molar-refractivity contribution in [3.63, 3.8) is 0 Å². The van der Waals surface area contributed by atoms with E-state index in [0.29, 0.717) is 0 Å². The molecule has 2 aliphatic carbocycles. The molecule has 18 heavy (non-hydrogen) atoms. The van der Waals surface area contributed by atoms with Gasteiger partial charge >= 0.3 is 0 Å². The molecule has 1 atom stereocenters. The van der Waals surface area contributed by atoms with Gasteiger partial charge in [0.15, 0.2) is 0 Å². The minimum absolute atomic E-state index is 0.804. The fourth-order valence-electron chi connectivity index (χ4n) is 2.89. The largest absolute Gasteiger partial charge is 0.314 e. The van der Waals surface area contributed by atoms with Crippen molar-refractivity contribution in [2.75, 3.05) is 6.54 Å². The Morgan fingerprint density at radius 3 is 2.67 bits per heavy atom. The molecular weight excluding hydrogens is 242 g/mol. The number of halogens is 1. The summed E-state index contributed by atoms with van der Waals surface area (Å²) in [4.78, 5) is 0. The first-order valence-electron chi connectivity index (χ1n) is 7.29. The first-order valence-corrected chi connectivity index (χ1v) is 7.67. The van der Waals surface area contributed by atoms with Crippen molar-refractivity contribution in [1.29, 1.82) is 0 Å². The Labute approximate surface area is 115 Å². The lowest BCUT2D eigenvalue weighted by molar-refractivity contribution is 0.199. The van der Waals surface area contributed by atoms with Crippen LogP contribution in [0.4, 0.5) is 0 Å². The molecule has 1 aromatic rings. The molecule has 1 nitrogen and oxygen atoms in total. The van der Waals surface area contributed by atoms with Crippen LogP contribution >= 0.6 is 11.6 Å². The maximum Gasteiger partial charge on any atom is 0.0408 e. The summed E-state index contributed by atoms with van der Waals surface area (Å²) >= 11 is 6.08. The minimum atomic E-state index is 0.804. The molecule has 1 N–H and O–H groups in total. The summed E-state index contributed by atoms with van der Waals surface area (Å²) < 4.78 is 0. The number of rotatable bonds is 6. The highest BCUT2D eigenvalue weighted by atomic mass is 35.5. The third kappa shape index (κ3) is 3.27. The summed E-state index contributed by atoms with van der Waals surface area (Å²) in [5.41, 5.74) is 1.40. The molecule has 3 rings (SSSR count). The molecule has 0 heterocycles. The van der Waals surface area contributed by atoms with Gasteiger partial charge in [-0.25, -0.2) is 0 Å². The Morgan fingerprint density at radius 2 is 2.06 bits per heavy atom. The maximum atomic E-state index is 6.08. The second-order valence-electron chi connectivity index (χ2n) is 5.97. The van der Waals surface area contributed by atoms with Crippen molar-refractivity contribution in [2.45, 2.75) is 44.6 Å². The van der Waals surface area contributed by atoms with Crippen molar-refractivity contribution >= 4 is 11.6 Å². The molecule has 98 valence electrons. The van der Waals surface area contributed by atoms with Crippen LogP contribution in [0.25, 0.3) is 0 Å². The molecule has 0 amide bonds. The second-order valence-corrected chi connectivity index (χ2v) is 6.40. The molecule has 2 heteroatoms. The zero-order valence-corrected chi connectivity index (χ0v) is 11.6. The van der Waals surface area contributed by atoms with E-state index < -0.39 is 0 Å². The lowest BCUT2D eigenvalue weighted by Crippen LogP contribution is -2.34. The maximum absolute atomic E-state index is 6.08. The van der Waals surface area contributed by atoms with Crippen LogP contribution in [0.1, 0.15) is 37.7 Å². The Balaban J connectivity index is 1.60. The van der Waals surface area contributed by atoms with Crippen molar-refractivity contribution in [3.05, 3.63) is 34.9 Å². The quantitative estimate of drug-likeness (QED) is 0.817. The van der Waals surface area contributed by atoms with Gasteiger partial charge in [0.1, 0.15) is 0 Å². The van der Waals surface area contributed by atoms with Crippen molar-refractivity contribution in [3.8, 4) is 0 Å². The molecule has 0 aliphatic heterocycles. The van der Waals surface area contributed by atoms with E-state index >= 15 is 0 Å². The first kappa shape index (κ1) is 12.5. The molecule has 1 aromatic carbocycles. The van der Waals surface area contributed by atoms with Crippen molar-refractivity contribution in [2.24, 2.45) is 11.8 Å². The average Bonchev–Trinajstić information content (AvgIpc) is 3.07. The van der Waals surface area contributed by atoms with Crippen LogP contribution in [-0.4, -0.2) is 12.6 Å². The smallest absolute Gasteiger partial charge is 0.0408 e. The predicted molar refractivity (Wildman–Crippen MR) is 77.0 cm³/mol. The van der Waals surface area contributed by atoms with Gasteiger partial charge in [0.25, 0.3) is 0 Å². The molecule has 2 aliphatic rings. The molecule has 0 radical (unpaired) electrons. The highest BCUT2D eigenvalue weighted by molar-refractivity contribution is 6.30.